The number of ether oxygens (including phenoxy) is 2. The third kappa shape index (κ3) is 8.12. The molecule has 0 spiro atoms. The van der Waals surface area contributed by atoms with E-state index in [1.54, 1.807) is 42.2 Å². The number of benzene rings is 2. The largest absolute Gasteiger partial charge is 0.465 e. The third-order valence-corrected chi connectivity index (χ3v) is 7.24. The van der Waals surface area contributed by atoms with Crippen LogP contribution in [0.25, 0.3) is 0 Å². The Morgan fingerprint density at radius 1 is 1.07 bits per heavy atom. The van der Waals surface area contributed by atoms with Crippen LogP contribution in [0.15, 0.2) is 48.5 Å². The van der Waals surface area contributed by atoms with E-state index in [2.05, 4.69) is 19.3 Å². The standard InChI is InChI=1S/C28H31F3N4O7S/c1-18(21-7-9-22(10-8-21)27(37)40-2)32-25(36)23-24(28(29,30)31)33-35-12-11-34(26(23)35)16-19-5-4-6-20(15-19)17-41-13-14-42-43(3,38)39/h4-10,15,18H,11-14,16-17H2,1-3H3,(H,32,36)/t18-/m0/s1. The Labute approximate surface area is 246 Å². The lowest BCUT2D eigenvalue weighted by molar-refractivity contribution is -0.141. The van der Waals surface area contributed by atoms with Crippen molar-refractivity contribution in [3.05, 3.63) is 82.0 Å². The molecule has 3 aromatic rings. The van der Waals surface area contributed by atoms with Gasteiger partial charge in [0.2, 0.25) is 0 Å². The number of amides is 1. The number of hydrogen-bond acceptors (Lipinski definition) is 9. The molecule has 4 rings (SSSR count). The van der Waals surface area contributed by atoms with Crippen molar-refractivity contribution in [2.45, 2.75) is 38.8 Å². The highest BCUT2D eigenvalue weighted by molar-refractivity contribution is 7.85. The van der Waals surface area contributed by atoms with Gasteiger partial charge in [0.25, 0.3) is 16.0 Å². The van der Waals surface area contributed by atoms with Crippen LogP contribution in [0.4, 0.5) is 19.0 Å². The number of methoxy groups -OCH3 is 1. The van der Waals surface area contributed by atoms with Gasteiger partial charge in [-0.1, -0.05) is 36.4 Å². The Hall–Kier alpha value is -3.95. The van der Waals surface area contributed by atoms with E-state index in [-0.39, 0.29) is 38.7 Å². The predicted molar refractivity (Wildman–Crippen MR) is 149 cm³/mol. The minimum absolute atomic E-state index is 0.0507. The van der Waals surface area contributed by atoms with Gasteiger partial charge in [-0.2, -0.15) is 26.7 Å². The number of rotatable bonds is 12. The van der Waals surface area contributed by atoms with E-state index in [0.29, 0.717) is 17.7 Å². The Morgan fingerprint density at radius 2 is 1.77 bits per heavy atom. The molecule has 232 valence electrons. The maximum Gasteiger partial charge on any atom is 0.436 e. The van der Waals surface area contributed by atoms with Crippen LogP contribution in [-0.2, 0) is 49.6 Å². The zero-order valence-electron chi connectivity index (χ0n) is 23.7. The highest BCUT2D eigenvalue weighted by Gasteiger charge is 2.44. The SMILES string of the molecule is COC(=O)c1ccc([C@H](C)NC(=O)c2c(C(F)(F)F)nn3c2N(Cc2cccc(COCCOS(C)(=O)=O)c2)CC3)cc1. The van der Waals surface area contributed by atoms with Crippen molar-refractivity contribution in [3.8, 4) is 0 Å². The molecule has 43 heavy (non-hydrogen) atoms. The van der Waals surface area contributed by atoms with Crippen molar-refractivity contribution < 1.29 is 44.8 Å². The molecule has 15 heteroatoms. The predicted octanol–water partition coefficient (Wildman–Crippen LogP) is 3.69. The summed E-state index contributed by atoms with van der Waals surface area (Å²) in [6, 6.07) is 12.7. The normalized spacial score (nSPS) is 14.0. The van der Waals surface area contributed by atoms with Crippen molar-refractivity contribution in [2.24, 2.45) is 0 Å². The van der Waals surface area contributed by atoms with Crippen LogP contribution in [0.3, 0.4) is 0 Å². The highest BCUT2D eigenvalue weighted by Crippen LogP contribution is 2.38. The summed E-state index contributed by atoms with van der Waals surface area (Å²) in [6.45, 7) is 2.44. The molecule has 0 saturated carbocycles. The first kappa shape index (κ1) is 32.0. The highest BCUT2D eigenvalue weighted by atomic mass is 32.2. The van der Waals surface area contributed by atoms with E-state index in [1.807, 2.05) is 6.07 Å². The van der Waals surface area contributed by atoms with Crippen LogP contribution in [-0.4, -0.2) is 63.2 Å². The fourth-order valence-corrected chi connectivity index (χ4v) is 5.03. The molecule has 0 fully saturated rings. The smallest absolute Gasteiger partial charge is 0.436 e. The van der Waals surface area contributed by atoms with E-state index in [1.165, 1.54) is 23.9 Å². The van der Waals surface area contributed by atoms with Crippen molar-refractivity contribution in [3.63, 3.8) is 0 Å². The van der Waals surface area contributed by atoms with Crippen LogP contribution >= 0.6 is 0 Å². The number of hydrogen-bond donors (Lipinski definition) is 1. The molecule has 1 amide bonds. The summed E-state index contributed by atoms with van der Waals surface area (Å²) >= 11 is 0. The van der Waals surface area contributed by atoms with Gasteiger partial charge in [0, 0.05) is 13.1 Å². The van der Waals surface area contributed by atoms with Gasteiger partial charge in [-0.25, -0.2) is 9.48 Å². The monoisotopic (exact) mass is 624 g/mol. The number of nitrogens with one attached hydrogen (secondary N) is 1. The van der Waals surface area contributed by atoms with E-state index in [4.69, 9.17) is 4.74 Å². The Kier molecular flexibility index (Phi) is 9.77. The fourth-order valence-electron chi connectivity index (χ4n) is 4.66. The third-order valence-electron chi connectivity index (χ3n) is 6.64. The summed E-state index contributed by atoms with van der Waals surface area (Å²) in [5.74, 6) is -1.40. The molecule has 2 aromatic carbocycles. The summed E-state index contributed by atoms with van der Waals surface area (Å²) in [7, 11) is -2.32. The fraction of sp³-hybridized carbons (Fsp3) is 0.393. The van der Waals surface area contributed by atoms with Crippen LogP contribution in [0, 0.1) is 0 Å². The van der Waals surface area contributed by atoms with Gasteiger partial charge in [0.1, 0.15) is 11.4 Å². The molecule has 0 radical (unpaired) electrons. The van der Waals surface area contributed by atoms with Gasteiger partial charge in [0.15, 0.2) is 5.69 Å². The molecule has 1 aromatic heterocycles. The van der Waals surface area contributed by atoms with Gasteiger partial charge < -0.3 is 19.7 Å². The molecule has 1 aliphatic heterocycles. The number of nitrogens with zero attached hydrogens (tertiary/aromatic N) is 3. The van der Waals surface area contributed by atoms with E-state index < -0.39 is 45.5 Å². The average Bonchev–Trinajstić information content (AvgIpc) is 3.52. The first-order chi connectivity index (χ1) is 20.3. The average molecular weight is 625 g/mol. The molecule has 1 aliphatic rings. The molecule has 0 saturated heterocycles. The lowest BCUT2D eigenvalue weighted by Crippen LogP contribution is -2.31. The number of fused-ring (bicyclic) bond motifs is 1. The van der Waals surface area contributed by atoms with Crippen molar-refractivity contribution in [2.75, 3.05) is 38.0 Å². The molecule has 2 heterocycles. The zero-order valence-corrected chi connectivity index (χ0v) is 24.5. The number of carbonyl (C=O) groups is 2. The van der Waals surface area contributed by atoms with Gasteiger partial charge in [-0.3, -0.25) is 8.98 Å². The number of halogens is 3. The lowest BCUT2D eigenvalue weighted by Gasteiger charge is -2.21. The van der Waals surface area contributed by atoms with E-state index in [9.17, 15) is 31.2 Å². The second kappa shape index (κ2) is 13.1. The number of esters is 1. The van der Waals surface area contributed by atoms with Crippen LogP contribution < -0.4 is 10.2 Å². The maximum absolute atomic E-state index is 14.0. The summed E-state index contributed by atoms with van der Waals surface area (Å²) in [4.78, 5) is 26.8. The number of alkyl halides is 3. The Bertz CT molecular complexity index is 1570. The first-order valence-corrected chi connectivity index (χ1v) is 15.0. The second-order valence-corrected chi connectivity index (χ2v) is 11.5. The molecule has 1 N–H and O–H groups in total. The molecule has 0 unspecified atom stereocenters. The Balaban J connectivity index is 1.51. The van der Waals surface area contributed by atoms with Crippen molar-refractivity contribution in [1.29, 1.82) is 0 Å². The topological polar surface area (TPSA) is 129 Å². The van der Waals surface area contributed by atoms with Crippen LogP contribution in [0.2, 0.25) is 0 Å². The molecular weight excluding hydrogens is 593 g/mol. The molecular formula is C28H31F3N4O7S. The lowest BCUT2D eigenvalue weighted by atomic mass is 10.1. The Morgan fingerprint density at radius 3 is 2.42 bits per heavy atom. The molecule has 11 nitrogen and oxygen atoms in total. The first-order valence-electron chi connectivity index (χ1n) is 13.2. The van der Waals surface area contributed by atoms with Crippen LogP contribution in [0.5, 0.6) is 0 Å². The minimum atomic E-state index is -4.86. The maximum atomic E-state index is 14.0. The number of aromatic nitrogens is 2. The summed E-state index contributed by atoms with van der Waals surface area (Å²) in [6.07, 6.45) is -3.92. The second-order valence-electron chi connectivity index (χ2n) is 9.90. The van der Waals surface area contributed by atoms with Gasteiger partial charge in [0.05, 0.1) is 51.3 Å². The minimum Gasteiger partial charge on any atom is -0.465 e. The van der Waals surface area contributed by atoms with Gasteiger partial charge in [-0.15, -0.1) is 0 Å². The van der Waals surface area contributed by atoms with Crippen molar-refractivity contribution in [1.82, 2.24) is 15.1 Å². The molecule has 0 aliphatic carbocycles. The van der Waals surface area contributed by atoms with E-state index in [0.717, 1.165) is 17.4 Å². The van der Waals surface area contributed by atoms with Gasteiger partial charge in [-0.05, 0) is 35.7 Å². The molecule has 1 atom stereocenters. The quantitative estimate of drug-likeness (QED) is 0.182. The van der Waals surface area contributed by atoms with Crippen molar-refractivity contribution >= 4 is 27.8 Å². The number of carbonyl (C=O) groups excluding carboxylic acids is 2. The van der Waals surface area contributed by atoms with Crippen LogP contribution in [0.1, 0.15) is 56.1 Å². The zero-order chi connectivity index (χ0) is 31.4. The summed E-state index contributed by atoms with van der Waals surface area (Å²) in [5.41, 5.74) is 0.584. The van der Waals surface area contributed by atoms with E-state index >= 15 is 0 Å². The summed E-state index contributed by atoms with van der Waals surface area (Å²) < 4.78 is 80.2. The van der Waals surface area contributed by atoms with Gasteiger partial charge >= 0.3 is 12.1 Å². The summed E-state index contributed by atoms with van der Waals surface area (Å²) in [5, 5.41) is 6.39. The number of anilines is 1. The molecule has 0 bridgehead atoms.